The molecule has 2 aromatic carbocycles. The number of hydrogen-bond acceptors (Lipinski definition) is 6. The van der Waals surface area contributed by atoms with Crippen LogP contribution in [0.5, 0.6) is 0 Å². The summed E-state index contributed by atoms with van der Waals surface area (Å²) in [7, 11) is 0. The largest absolute Gasteiger partial charge is 0.326 e. The number of carbonyl (C=O) groups is 3. The lowest BCUT2D eigenvalue weighted by atomic mass is 10.1. The van der Waals surface area contributed by atoms with Crippen molar-refractivity contribution in [2.24, 2.45) is 0 Å². The summed E-state index contributed by atoms with van der Waals surface area (Å²) < 4.78 is 13.1. The van der Waals surface area contributed by atoms with Gasteiger partial charge in [-0.05, 0) is 48.5 Å². The second kappa shape index (κ2) is 8.60. The number of aromatic nitrogens is 2. The van der Waals surface area contributed by atoms with Crippen molar-refractivity contribution in [1.82, 2.24) is 10.2 Å². The Hall–Kier alpha value is -3.66. The Morgan fingerprint density at radius 2 is 1.77 bits per heavy atom. The van der Waals surface area contributed by atoms with Crippen LogP contribution in [0, 0.1) is 5.82 Å². The van der Waals surface area contributed by atoms with Crippen molar-refractivity contribution >= 4 is 45.6 Å². The second-order valence-electron chi connectivity index (χ2n) is 7.04. The first kappa shape index (κ1) is 20.6. The summed E-state index contributed by atoms with van der Waals surface area (Å²) in [5.41, 5.74) is 1.64. The number of carbonyl (C=O) groups excluding carboxylic acids is 3. The van der Waals surface area contributed by atoms with Gasteiger partial charge in [-0.25, -0.2) is 4.39 Å². The van der Waals surface area contributed by atoms with Crippen molar-refractivity contribution in [3.63, 3.8) is 0 Å². The molecular formula is C21H18FN5O3S. The average Bonchev–Trinajstić information content (AvgIpc) is 3.35. The van der Waals surface area contributed by atoms with Gasteiger partial charge in [-0.2, -0.15) is 0 Å². The maximum absolute atomic E-state index is 13.1. The van der Waals surface area contributed by atoms with Crippen molar-refractivity contribution in [3.8, 4) is 0 Å². The molecule has 31 heavy (non-hydrogen) atoms. The standard InChI is InChI=1S/C21H18FN5O3S/c1-12(28)23-16-6-2-13(3-7-16)19(30)24-21-26-25-20(31-21)14-10-18(29)27(11-14)17-8-4-15(22)5-9-17/h2-9,14H,10-11H2,1H3,(H,23,28)(H,24,26,30). The van der Waals surface area contributed by atoms with Crippen molar-refractivity contribution in [3.05, 3.63) is 64.9 Å². The Bertz CT molecular complexity index is 1130. The molecule has 4 rings (SSSR count). The number of benzene rings is 2. The highest BCUT2D eigenvalue weighted by atomic mass is 32.1. The average molecular weight is 439 g/mol. The van der Waals surface area contributed by atoms with Crippen molar-refractivity contribution in [2.75, 3.05) is 22.1 Å². The molecule has 0 saturated carbocycles. The number of hydrogen-bond donors (Lipinski definition) is 2. The van der Waals surface area contributed by atoms with E-state index in [4.69, 9.17) is 0 Å². The molecule has 2 heterocycles. The van der Waals surface area contributed by atoms with Gasteiger partial charge in [0.2, 0.25) is 16.9 Å². The second-order valence-corrected chi connectivity index (χ2v) is 8.05. The van der Waals surface area contributed by atoms with Gasteiger partial charge in [0.15, 0.2) is 0 Å². The Kier molecular flexibility index (Phi) is 5.72. The summed E-state index contributed by atoms with van der Waals surface area (Å²) in [6.07, 6.45) is 0.268. The van der Waals surface area contributed by atoms with Crippen LogP contribution < -0.4 is 15.5 Å². The molecule has 0 spiro atoms. The molecule has 1 saturated heterocycles. The molecule has 3 amide bonds. The monoisotopic (exact) mass is 439 g/mol. The zero-order chi connectivity index (χ0) is 22.0. The number of nitrogens with one attached hydrogen (secondary N) is 2. The molecule has 1 atom stereocenters. The van der Waals surface area contributed by atoms with Crippen molar-refractivity contribution in [2.45, 2.75) is 19.3 Å². The molecular weight excluding hydrogens is 421 g/mol. The normalized spacial score (nSPS) is 15.7. The molecule has 1 aliphatic heterocycles. The van der Waals surface area contributed by atoms with E-state index in [1.807, 2.05) is 0 Å². The first-order chi connectivity index (χ1) is 14.9. The highest BCUT2D eigenvalue weighted by molar-refractivity contribution is 7.15. The van der Waals surface area contributed by atoms with Gasteiger partial charge in [0.1, 0.15) is 10.8 Å². The van der Waals surface area contributed by atoms with Crippen LogP contribution in [-0.2, 0) is 9.59 Å². The van der Waals surface area contributed by atoms with E-state index in [2.05, 4.69) is 20.8 Å². The minimum atomic E-state index is -0.360. The summed E-state index contributed by atoms with van der Waals surface area (Å²) in [6.45, 7) is 1.82. The fourth-order valence-electron chi connectivity index (χ4n) is 3.27. The van der Waals surface area contributed by atoms with E-state index in [1.54, 1.807) is 41.3 Å². The predicted octanol–water partition coefficient (Wildman–Crippen LogP) is 3.41. The Morgan fingerprint density at radius 1 is 1.06 bits per heavy atom. The number of halogens is 1. The highest BCUT2D eigenvalue weighted by Crippen LogP contribution is 2.34. The summed E-state index contributed by atoms with van der Waals surface area (Å²) in [5, 5.41) is 14.5. The zero-order valence-corrected chi connectivity index (χ0v) is 17.3. The van der Waals surface area contributed by atoms with Gasteiger partial charge in [0.05, 0.1) is 0 Å². The van der Waals surface area contributed by atoms with Gasteiger partial charge in [-0.1, -0.05) is 11.3 Å². The molecule has 8 nitrogen and oxygen atoms in total. The van der Waals surface area contributed by atoms with E-state index in [9.17, 15) is 18.8 Å². The summed E-state index contributed by atoms with van der Waals surface area (Å²) in [6, 6.07) is 12.2. The molecule has 1 aliphatic rings. The van der Waals surface area contributed by atoms with Crippen LogP contribution in [0.4, 0.5) is 20.9 Å². The Labute approximate surface area is 181 Å². The third-order valence-corrected chi connectivity index (χ3v) is 5.74. The summed E-state index contributed by atoms with van der Waals surface area (Å²) >= 11 is 1.22. The van der Waals surface area contributed by atoms with Gasteiger partial charge in [0.25, 0.3) is 5.91 Å². The van der Waals surface area contributed by atoms with Gasteiger partial charge in [0, 0.05) is 42.7 Å². The lowest BCUT2D eigenvalue weighted by molar-refractivity contribution is -0.117. The van der Waals surface area contributed by atoms with Gasteiger partial charge in [-0.3, -0.25) is 19.7 Å². The smallest absolute Gasteiger partial charge is 0.257 e. The van der Waals surface area contributed by atoms with Crippen LogP contribution >= 0.6 is 11.3 Å². The van der Waals surface area contributed by atoms with E-state index < -0.39 is 0 Å². The van der Waals surface area contributed by atoms with Gasteiger partial charge < -0.3 is 10.2 Å². The fourth-order valence-corrected chi connectivity index (χ4v) is 4.10. The summed E-state index contributed by atoms with van der Waals surface area (Å²) in [5.74, 6) is -1.13. The number of anilines is 3. The molecule has 0 radical (unpaired) electrons. The van der Waals surface area contributed by atoms with Crippen molar-refractivity contribution < 1.29 is 18.8 Å². The fraction of sp³-hybridized carbons (Fsp3) is 0.190. The van der Waals surface area contributed by atoms with Crippen LogP contribution in [0.1, 0.15) is 34.6 Å². The number of amides is 3. The third kappa shape index (κ3) is 4.75. The van der Waals surface area contributed by atoms with E-state index in [0.717, 1.165) is 0 Å². The molecule has 1 fully saturated rings. The van der Waals surface area contributed by atoms with Crippen LogP contribution in [0.3, 0.4) is 0 Å². The quantitative estimate of drug-likeness (QED) is 0.634. The maximum Gasteiger partial charge on any atom is 0.257 e. The lowest BCUT2D eigenvalue weighted by Crippen LogP contribution is -2.24. The number of rotatable bonds is 5. The first-order valence-corrected chi connectivity index (χ1v) is 10.3. The minimum Gasteiger partial charge on any atom is -0.326 e. The van der Waals surface area contributed by atoms with Crippen LogP contribution in [0.2, 0.25) is 0 Å². The topological polar surface area (TPSA) is 104 Å². The Balaban J connectivity index is 1.40. The predicted molar refractivity (Wildman–Crippen MR) is 115 cm³/mol. The van der Waals surface area contributed by atoms with E-state index in [-0.39, 0.29) is 35.9 Å². The van der Waals surface area contributed by atoms with Crippen molar-refractivity contribution in [1.29, 1.82) is 0 Å². The zero-order valence-electron chi connectivity index (χ0n) is 16.5. The molecule has 0 aliphatic carbocycles. The van der Waals surface area contributed by atoms with Gasteiger partial charge in [-0.15, -0.1) is 10.2 Å². The van der Waals surface area contributed by atoms with E-state index >= 15 is 0 Å². The highest BCUT2D eigenvalue weighted by Gasteiger charge is 2.34. The third-order valence-electron chi connectivity index (χ3n) is 4.74. The van der Waals surface area contributed by atoms with Gasteiger partial charge >= 0.3 is 0 Å². The molecule has 10 heteroatoms. The number of nitrogens with zero attached hydrogens (tertiary/aromatic N) is 3. The van der Waals surface area contributed by atoms with Crippen LogP contribution in [-0.4, -0.2) is 34.5 Å². The molecule has 2 N–H and O–H groups in total. The molecule has 0 bridgehead atoms. The van der Waals surface area contributed by atoms with E-state index in [1.165, 1.54) is 30.4 Å². The summed E-state index contributed by atoms with van der Waals surface area (Å²) in [4.78, 5) is 37.5. The maximum atomic E-state index is 13.1. The molecule has 3 aromatic rings. The molecule has 1 aromatic heterocycles. The lowest BCUT2D eigenvalue weighted by Gasteiger charge is -2.16. The molecule has 158 valence electrons. The van der Waals surface area contributed by atoms with E-state index in [0.29, 0.717) is 33.6 Å². The minimum absolute atomic E-state index is 0.0725. The first-order valence-electron chi connectivity index (χ1n) is 9.47. The van der Waals surface area contributed by atoms with Crippen LogP contribution in [0.15, 0.2) is 48.5 Å². The Morgan fingerprint density at radius 3 is 2.45 bits per heavy atom. The molecule has 1 unspecified atom stereocenters. The SMILES string of the molecule is CC(=O)Nc1ccc(C(=O)Nc2nnc(C3CC(=O)N(c4ccc(F)cc4)C3)s2)cc1. The van der Waals surface area contributed by atoms with Crippen LogP contribution in [0.25, 0.3) is 0 Å².